The van der Waals surface area contributed by atoms with Gasteiger partial charge in [0, 0.05) is 28.6 Å². The van der Waals surface area contributed by atoms with Crippen molar-refractivity contribution in [2.75, 3.05) is 0 Å². The Morgan fingerprint density at radius 2 is 2.09 bits per heavy atom. The van der Waals surface area contributed by atoms with E-state index in [-0.39, 0.29) is 5.75 Å². The Bertz CT molecular complexity index is 842. The first kappa shape index (κ1) is 14.9. The predicted octanol–water partition coefficient (Wildman–Crippen LogP) is 3.59. The van der Waals surface area contributed by atoms with Crippen molar-refractivity contribution in [3.63, 3.8) is 0 Å². The number of rotatable bonds is 4. The lowest BCUT2D eigenvalue weighted by molar-refractivity contribution is 0.419. The zero-order valence-corrected chi connectivity index (χ0v) is 13.7. The van der Waals surface area contributed by atoms with Crippen LogP contribution in [0.1, 0.15) is 5.76 Å². The SMILES string of the molecule is O=c1cc(CSc2nccn2-c2ccc(Br)cc2)occ1O. The van der Waals surface area contributed by atoms with E-state index in [0.29, 0.717) is 11.5 Å². The molecule has 7 heteroatoms. The quantitative estimate of drug-likeness (QED) is 0.702. The Morgan fingerprint density at radius 3 is 2.82 bits per heavy atom. The maximum absolute atomic E-state index is 11.4. The number of hydrogen-bond donors (Lipinski definition) is 1. The van der Waals surface area contributed by atoms with Crippen LogP contribution in [0.5, 0.6) is 5.75 Å². The zero-order valence-electron chi connectivity index (χ0n) is 11.3. The third-order valence-electron chi connectivity index (χ3n) is 2.92. The highest BCUT2D eigenvalue weighted by Gasteiger charge is 2.08. The molecule has 0 atom stereocenters. The van der Waals surface area contributed by atoms with Gasteiger partial charge in [-0.15, -0.1) is 0 Å². The first-order chi connectivity index (χ1) is 10.6. The molecule has 0 amide bonds. The molecule has 0 radical (unpaired) electrons. The van der Waals surface area contributed by atoms with Crippen molar-refractivity contribution in [1.29, 1.82) is 0 Å². The van der Waals surface area contributed by atoms with Crippen molar-refractivity contribution < 1.29 is 9.52 Å². The maximum Gasteiger partial charge on any atom is 0.226 e. The van der Waals surface area contributed by atoms with Crippen LogP contribution < -0.4 is 5.43 Å². The van der Waals surface area contributed by atoms with Gasteiger partial charge in [-0.05, 0) is 24.3 Å². The lowest BCUT2D eigenvalue weighted by Gasteiger charge is -2.07. The Hall–Kier alpha value is -1.99. The van der Waals surface area contributed by atoms with Gasteiger partial charge in [0.1, 0.15) is 12.0 Å². The average Bonchev–Trinajstić information content (AvgIpc) is 2.98. The van der Waals surface area contributed by atoms with Gasteiger partial charge in [-0.3, -0.25) is 9.36 Å². The minimum atomic E-state index is -0.446. The van der Waals surface area contributed by atoms with Crippen LogP contribution in [-0.4, -0.2) is 14.7 Å². The van der Waals surface area contributed by atoms with Crippen molar-refractivity contribution in [3.05, 3.63) is 69.4 Å². The number of aromatic nitrogens is 2. The van der Waals surface area contributed by atoms with Crippen LogP contribution in [0.15, 0.2) is 67.8 Å². The smallest absolute Gasteiger partial charge is 0.226 e. The molecular weight excluding hydrogens is 368 g/mol. The lowest BCUT2D eigenvalue weighted by atomic mass is 10.3. The molecule has 1 N–H and O–H groups in total. The molecule has 0 aliphatic rings. The Balaban J connectivity index is 1.79. The molecule has 0 aliphatic heterocycles. The third kappa shape index (κ3) is 3.26. The van der Waals surface area contributed by atoms with Gasteiger partial charge in [0.2, 0.25) is 5.43 Å². The number of halogens is 1. The fourth-order valence-electron chi connectivity index (χ4n) is 1.85. The van der Waals surface area contributed by atoms with Gasteiger partial charge < -0.3 is 9.52 Å². The van der Waals surface area contributed by atoms with Crippen molar-refractivity contribution in [3.8, 4) is 11.4 Å². The summed E-state index contributed by atoms with van der Waals surface area (Å²) in [6.45, 7) is 0. The third-order valence-corrected chi connectivity index (χ3v) is 4.44. The molecule has 3 aromatic rings. The first-order valence-electron chi connectivity index (χ1n) is 6.36. The summed E-state index contributed by atoms with van der Waals surface area (Å²) in [4.78, 5) is 15.7. The molecule has 22 heavy (non-hydrogen) atoms. The summed E-state index contributed by atoms with van der Waals surface area (Å²) in [5, 5.41) is 9.97. The van der Waals surface area contributed by atoms with Crippen LogP contribution in [0.4, 0.5) is 0 Å². The fraction of sp³-hybridized carbons (Fsp3) is 0.0667. The van der Waals surface area contributed by atoms with E-state index in [1.807, 2.05) is 35.0 Å². The zero-order chi connectivity index (χ0) is 15.5. The molecule has 0 saturated carbocycles. The summed E-state index contributed by atoms with van der Waals surface area (Å²) in [7, 11) is 0. The highest BCUT2D eigenvalue weighted by Crippen LogP contribution is 2.24. The van der Waals surface area contributed by atoms with E-state index in [0.717, 1.165) is 21.6 Å². The van der Waals surface area contributed by atoms with Gasteiger partial charge in [0.25, 0.3) is 0 Å². The van der Waals surface area contributed by atoms with Gasteiger partial charge in [-0.1, -0.05) is 27.7 Å². The van der Waals surface area contributed by atoms with Crippen LogP contribution in [-0.2, 0) is 5.75 Å². The fourth-order valence-corrected chi connectivity index (χ4v) is 2.98. The minimum Gasteiger partial charge on any atom is -0.502 e. The maximum atomic E-state index is 11.4. The molecule has 0 bridgehead atoms. The average molecular weight is 379 g/mol. The topological polar surface area (TPSA) is 68.3 Å². The highest BCUT2D eigenvalue weighted by atomic mass is 79.9. The molecule has 0 spiro atoms. The number of nitrogens with zero attached hydrogens (tertiary/aromatic N) is 2. The predicted molar refractivity (Wildman–Crippen MR) is 87.5 cm³/mol. The number of aromatic hydroxyl groups is 1. The van der Waals surface area contributed by atoms with Crippen LogP contribution in [0.25, 0.3) is 5.69 Å². The molecule has 0 aliphatic carbocycles. The molecule has 1 aromatic carbocycles. The van der Waals surface area contributed by atoms with Crippen molar-refractivity contribution >= 4 is 27.7 Å². The summed E-state index contributed by atoms with van der Waals surface area (Å²) >= 11 is 4.85. The second kappa shape index (κ2) is 6.41. The molecule has 0 saturated heterocycles. The Labute approximate surface area is 138 Å². The summed E-state index contributed by atoms with van der Waals surface area (Å²) in [5.74, 6) is 0.548. The Morgan fingerprint density at radius 1 is 1.32 bits per heavy atom. The van der Waals surface area contributed by atoms with Gasteiger partial charge in [0.15, 0.2) is 10.9 Å². The van der Waals surface area contributed by atoms with Gasteiger partial charge in [-0.2, -0.15) is 0 Å². The number of thioether (sulfide) groups is 1. The normalized spacial score (nSPS) is 10.8. The van der Waals surface area contributed by atoms with E-state index in [1.54, 1.807) is 6.20 Å². The van der Waals surface area contributed by atoms with E-state index >= 15 is 0 Å². The van der Waals surface area contributed by atoms with Crippen LogP contribution in [0.2, 0.25) is 0 Å². The van der Waals surface area contributed by atoms with Crippen LogP contribution >= 0.6 is 27.7 Å². The molecule has 5 nitrogen and oxygen atoms in total. The lowest BCUT2D eigenvalue weighted by Crippen LogP contribution is -2.00. The van der Waals surface area contributed by atoms with Crippen molar-refractivity contribution in [2.24, 2.45) is 0 Å². The minimum absolute atomic E-state index is 0.384. The summed E-state index contributed by atoms with van der Waals surface area (Å²) < 4.78 is 8.15. The largest absolute Gasteiger partial charge is 0.502 e. The van der Waals surface area contributed by atoms with Crippen LogP contribution in [0, 0.1) is 0 Å². The van der Waals surface area contributed by atoms with E-state index in [2.05, 4.69) is 20.9 Å². The van der Waals surface area contributed by atoms with Gasteiger partial charge in [-0.25, -0.2) is 4.98 Å². The standard InChI is InChI=1S/C15H11BrN2O3S/c16-10-1-3-11(4-2-10)18-6-5-17-15(18)22-9-12-7-13(19)14(20)8-21-12/h1-8,20H,9H2. The number of imidazole rings is 1. The number of hydrogen-bond acceptors (Lipinski definition) is 5. The molecule has 0 unspecified atom stereocenters. The summed E-state index contributed by atoms with van der Waals surface area (Å²) in [6, 6.07) is 9.17. The van der Waals surface area contributed by atoms with Crippen molar-refractivity contribution in [1.82, 2.24) is 9.55 Å². The monoisotopic (exact) mass is 378 g/mol. The number of benzene rings is 1. The van der Waals surface area contributed by atoms with E-state index in [9.17, 15) is 9.90 Å². The summed E-state index contributed by atoms with van der Waals surface area (Å²) in [6.07, 6.45) is 4.65. The van der Waals surface area contributed by atoms with E-state index < -0.39 is 5.43 Å². The van der Waals surface area contributed by atoms with E-state index in [1.165, 1.54) is 17.8 Å². The van der Waals surface area contributed by atoms with Crippen LogP contribution in [0.3, 0.4) is 0 Å². The van der Waals surface area contributed by atoms with Gasteiger partial charge in [0.05, 0.1) is 5.75 Å². The molecule has 2 heterocycles. The second-order valence-electron chi connectivity index (χ2n) is 4.44. The Kier molecular flexibility index (Phi) is 4.35. The second-order valence-corrected chi connectivity index (χ2v) is 6.30. The first-order valence-corrected chi connectivity index (χ1v) is 8.14. The molecular formula is C15H11BrN2O3S. The van der Waals surface area contributed by atoms with Crippen molar-refractivity contribution in [2.45, 2.75) is 10.9 Å². The molecule has 3 rings (SSSR count). The summed E-state index contributed by atoms with van der Waals surface area (Å²) in [5.41, 5.74) is 0.550. The molecule has 2 aromatic heterocycles. The van der Waals surface area contributed by atoms with Gasteiger partial charge >= 0.3 is 0 Å². The van der Waals surface area contributed by atoms with E-state index in [4.69, 9.17) is 4.42 Å². The molecule has 112 valence electrons. The highest BCUT2D eigenvalue weighted by molar-refractivity contribution is 9.10. The molecule has 0 fully saturated rings.